The van der Waals surface area contributed by atoms with E-state index in [0.29, 0.717) is 22.3 Å². The minimum absolute atomic E-state index is 0.0964. The van der Waals surface area contributed by atoms with Crippen LogP contribution in [0.4, 0.5) is 43.4 Å². The Labute approximate surface area is 307 Å². The Kier molecular flexibility index (Phi) is 10.5. The Morgan fingerprint density at radius 3 is 2.63 bits per heavy atom. The smallest absolute Gasteiger partial charge is 0.416 e. The molecule has 3 aromatic carbocycles. The molecule has 2 aliphatic rings. The fourth-order valence-electron chi connectivity index (χ4n) is 5.52. The van der Waals surface area contributed by atoms with Crippen LogP contribution in [-0.2, 0) is 23.9 Å². The normalized spacial score (nSPS) is 14.6. The van der Waals surface area contributed by atoms with Crippen molar-refractivity contribution in [3.05, 3.63) is 112 Å². The van der Waals surface area contributed by atoms with Crippen molar-refractivity contribution >= 4 is 40.4 Å². The number of ether oxygens (including phenoxy) is 2. The first kappa shape index (κ1) is 37.6. The van der Waals surface area contributed by atoms with Crippen LogP contribution in [0.3, 0.4) is 0 Å². The number of fused-ring (bicyclic) bond motifs is 2. The molecule has 17 heteroatoms. The second kappa shape index (κ2) is 15.1. The number of nitrogens with zero attached hydrogens (tertiary/aromatic N) is 5. The number of hydrogen-bond donors (Lipinski definition) is 1. The quantitative estimate of drug-likeness (QED) is 0.140. The van der Waals surface area contributed by atoms with Gasteiger partial charge in [-0.15, -0.1) is 6.42 Å². The summed E-state index contributed by atoms with van der Waals surface area (Å²) in [6.07, 6.45) is 2.93. The van der Waals surface area contributed by atoms with Gasteiger partial charge < -0.3 is 19.4 Å². The van der Waals surface area contributed by atoms with Gasteiger partial charge in [0.1, 0.15) is 40.2 Å². The van der Waals surface area contributed by atoms with E-state index in [-0.39, 0.29) is 53.0 Å². The largest absolute Gasteiger partial charge is 0.481 e. The molecule has 0 atom stereocenters. The van der Waals surface area contributed by atoms with Crippen LogP contribution >= 0.6 is 11.5 Å². The van der Waals surface area contributed by atoms with Crippen molar-refractivity contribution in [3.8, 4) is 29.7 Å². The molecule has 2 aromatic heterocycles. The molecule has 0 fully saturated rings. The molecule has 278 valence electrons. The number of halogens is 6. The van der Waals surface area contributed by atoms with Crippen molar-refractivity contribution in [2.45, 2.75) is 33.0 Å². The topological polar surface area (TPSA) is 111 Å². The second-order valence-corrected chi connectivity index (χ2v) is 13.5. The SMILES string of the molecule is C#CCN1C(=O)COc2cc(F)c(/N=c3\snc4n3CC(C)(C)C4)cc21.O=C(Nc1ccc(F)cc1F)c1cccnc1Oc1cccc(C(F)(F)F)c1. The third-order valence-electron chi connectivity index (χ3n) is 8.01. The number of anilines is 2. The highest BCUT2D eigenvalue weighted by atomic mass is 32.1. The van der Waals surface area contributed by atoms with Gasteiger partial charge in [0.15, 0.2) is 12.4 Å². The van der Waals surface area contributed by atoms with Crippen LogP contribution in [0.2, 0.25) is 0 Å². The predicted molar refractivity (Wildman–Crippen MR) is 186 cm³/mol. The van der Waals surface area contributed by atoms with Crippen LogP contribution in [0, 0.1) is 35.2 Å². The number of amides is 2. The van der Waals surface area contributed by atoms with Gasteiger partial charge in [-0.2, -0.15) is 17.5 Å². The fourth-order valence-corrected chi connectivity index (χ4v) is 6.28. The lowest BCUT2D eigenvalue weighted by Crippen LogP contribution is -2.39. The van der Waals surface area contributed by atoms with Crippen molar-refractivity contribution in [2.75, 3.05) is 23.4 Å². The van der Waals surface area contributed by atoms with E-state index in [0.717, 1.165) is 49.1 Å². The molecule has 1 N–H and O–H groups in total. The molecule has 0 bridgehead atoms. The van der Waals surface area contributed by atoms with E-state index in [1.165, 1.54) is 53.0 Å². The van der Waals surface area contributed by atoms with Crippen LogP contribution in [0.25, 0.3) is 0 Å². The number of terminal acetylenes is 1. The van der Waals surface area contributed by atoms with E-state index in [2.05, 4.69) is 39.4 Å². The summed E-state index contributed by atoms with van der Waals surface area (Å²) in [5.74, 6) is -0.174. The first-order valence-electron chi connectivity index (χ1n) is 16.0. The first-order chi connectivity index (χ1) is 25.6. The van der Waals surface area contributed by atoms with Crippen molar-refractivity contribution in [3.63, 3.8) is 0 Å². The van der Waals surface area contributed by atoms with E-state index >= 15 is 0 Å². The summed E-state index contributed by atoms with van der Waals surface area (Å²) < 4.78 is 96.8. The van der Waals surface area contributed by atoms with E-state index < -0.39 is 35.1 Å². The molecule has 0 unspecified atom stereocenters. The van der Waals surface area contributed by atoms with Gasteiger partial charge in [-0.05, 0) is 53.9 Å². The van der Waals surface area contributed by atoms with Crippen LogP contribution in [0.1, 0.15) is 35.6 Å². The number of hydrogen-bond acceptors (Lipinski definition) is 8. The number of carbonyl (C=O) groups excluding carboxylic acids is 2. The Balaban J connectivity index is 0.000000185. The molecule has 54 heavy (non-hydrogen) atoms. The predicted octanol–water partition coefficient (Wildman–Crippen LogP) is 7.68. The maximum absolute atomic E-state index is 14.5. The molecule has 0 spiro atoms. The molecule has 7 rings (SSSR count). The zero-order valence-electron chi connectivity index (χ0n) is 28.4. The highest BCUT2D eigenvalue weighted by Crippen LogP contribution is 2.38. The van der Waals surface area contributed by atoms with E-state index in [1.54, 1.807) is 0 Å². The van der Waals surface area contributed by atoms with Gasteiger partial charge in [-0.3, -0.25) is 14.5 Å². The summed E-state index contributed by atoms with van der Waals surface area (Å²) in [5.41, 5.74) is -0.679. The first-order valence-corrected chi connectivity index (χ1v) is 16.8. The third kappa shape index (κ3) is 8.39. The van der Waals surface area contributed by atoms with Crippen LogP contribution in [0.15, 0.2) is 77.9 Å². The van der Waals surface area contributed by atoms with E-state index in [9.17, 15) is 35.9 Å². The van der Waals surface area contributed by atoms with Crippen molar-refractivity contribution in [2.24, 2.45) is 10.4 Å². The van der Waals surface area contributed by atoms with Crippen molar-refractivity contribution in [1.82, 2.24) is 13.9 Å². The summed E-state index contributed by atoms with van der Waals surface area (Å²) in [4.78, 5) is 34.8. The molecule has 0 aliphatic carbocycles. The highest BCUT2D eigenvalue weighted by Gasteiger charge is 2.32. The van der Waals surface area contributed by atoms with Gasteiger partial charge in [0.2, 0.25) is 10.7 Å². The maximum atomic E-state index is 14.5. The number of aromatic nitrogens is 3. The monoisotopic (exact) mass is 766 g/mol. The summed E-state index contributed by atoms with van der Waals surface area (Å²) in [6, 6.07) is 12.1. The number of carbonyl (C=O) groups is 2. The standard InChI is InChI=1S/C19H11F5N2O2.C18H17FN4O2S/c20-12-6-7-16(15(21)10-12)26-17(27)14-5-2-8-25-18(14)28-13-4-1-3-11(9-13)19(22,23)24;1-4-5-22-13-7-12(11(19)6-14(13)25-9-16(22)24)20-17-23-10-18(2,3)8-15(23)21-26-17/h1-10H,(H,26,27);1,6-7H,5,8-10H2,2-3H3/b;20-17-. The lowest BCUT2D eigenvalue weighted by Gasteiger charge is -2.28. The number of alkyl halides is 3. The van der Waals surface area contributed by atoms with Crippen LogP contribution < -0.4 is 24.5 Å². The highest BCUT2D eigenvalue weighted by molar-refractivity contribution is 7.02. The Morgan fingerprint density at radius 1 is 1.09 bits per heavy atom. The lowest BCUT2D eigenvalue weighted by atomic mass is 9.92. The minimum Gasteiger partial charge on any atom is -0.481 e. The van der Waals surface area contributed by atoms with Gasteiger partial charge in [-0.1, -0.05) is 25.8 Å². The van der Waals surface area contributed by atoms with Gasteiger partial charge in [0.05, 0.1) is 23.5 Å². The average molecular weight is 767 g/mol. The van der Waals surface area contributed by atoms with Gasteiger partial charge in [-0.25, -0.2) is 23.1 Å². The molecular formula is C37H28F6N6O4S. The Morgan fingerprint density at radius 2 is 1.89 bits per heavy atom. The third-order valence-corrected chi connectivity index (χ3v) is 8.78. The Bertz CT molecular complexity index is 2370. The summed E-state index contributed by atoms with van der Waals surface area (Å²) >= 11 is 1.24. The zero-order valence-corrected chi connectivity index (χ0v) is 29.2. The molecule has 5 aromatic rings. The van der Waals surface area contributed by atoms with Crippen molar-refractivity contribution < 1.29 is 45.4 Å². The molecular weight excluding hydrogens is 739 g/mol. The summed E-state index contributed by atoms with van der Waals surface area (Å²) in [7, 11) is 0. The number of rotatable bonds is 6. The van der Waals surface area contributed by atoms with Gasteiger partial charge in [0.25, 0.3) is 11.8 Å². The van der Waals surface area contributed by atoms with E-state index in [1.807, 2.05) is 4.57 Å². The zero-order chi connectivity index (χ0) is 38.8. The molecule has 2 amide bonds. The summed E-state index contributed by atoms with van der Waals surface area (Å²) in [5, 5.41) is 2.23. The Hall–Kier alpha value is -6.15. The van der Waals surface area contributed by atoms with Crippen molar-refractivity contribution in [1.29, 1.82) is 0 Å². The number of benzene rings is 3. The fraction of sp³-hybridized carbons (Fsp3) is 0.216. The number of pyridine rings is 1. The number of nitrogens with one attached hydrogen (secondary N) is 1. The summed E-state index contributed by atoms with van der Waals surface area (Å²) in [6.45, 7) is 5.05. The van der Waals surface area contributed by atoms with Crippen LogP contribution in [0.5, 0.6) is 17.4 Å². The average Bonchev–Trinajstić information content (AvgIpc) is 3.62. The molecule has 4 heterocycles. The van der Waals surface area contributed by atoms with E-state index in [4.69, 9.17) is 15.9 Å². The van der Waals surface area contributed by atoms with Crippen LogP contribution in [-0.4, -0.2) is 38.9 Å². The minimum atomic E-state index is -4.57. The molecule has 10 nitrogen and oxygen atoms in total. The molecule has 0 saturated heterocycles. The molecule has 0 saturated carbocycles. The maximum Gasteiger partial charge on any atom is 0.416 e. The lowest BCUT2D eigenvalue weighted by molar-refractivity contribution is -0.137. The van der Waals surface area contributed by atoms with Gasteiger partial charge >= 0.3 is 6.18 Å². The van der Waals surface area contributed by atoms with Gasteiger partial charge in [0, 0.05) is 42.8 Å². The molecule has 2 aliphatic heterocycles. The molecule has 0 radical (unpaired) electrons. The second-order valence-electron chi connectivity index (χ2n) is 12.7.